The lowest BCUT2D eigenvalue weighted by atomic mass is 10.0. The maximum atomic E-state index is 13.0. The van der Waals surface area contributed by atoms with Gasteiger partial charge in [-0.1, -0.05) is 60.7 Å². The van der Waals surface area contributed by atoms with Gasteiger partial charge in [-0.25, -0.2) is 8.42 Å². The minimum Gasteiger partial charge on any atom is -0.325 e. The van der Waals surface area contributed by atoms with E-state index in [4.69, 9.17) is 0 Å². The molecule has 0 unspecified atom stereocenters. The van der Waals surface area contributed by atoms with Gasteiger partial charge in [0, 0.05) is 37.9 Å². The van der Waals surface area contributed by atoms with Crippen LogP contribution in [0.4, 0.5) is 11.4 Å². The highest BCUT2D eigenvalue weighted by molar-refractivity contribution is 7.89. The second-order valence-electron chi connectivity index (χ2n) is 8.27. The Balaban J connectivity index is 1.35. The fraction of sp³-hybridized carbons (Fsp3) is 0.240. The molecule has 182 valence electrons. The molecule has 1 fully saturated rings. The summed E-state index contributed by atoms with van der Waals surface area (Å²) in [6, 6.07) is 23.0. The lowest BCUT2D eigenvalue weighted by Crippen LogP contribution is -2.50. The van der Waals surface area contributed by atoms with Crippen molar-refractivity contribution in [2.75, 3.05) is 38.0 Å². The van der Waals surface area contributed by atoms with Gasteiger partial charge in [0.2, 0.25) is 15.9 Å². The molecule has 0 radical (unpaired) electrons. The van der Waals surface area contributed by atoms with Gasteiger partial charge in [-0.05, 0) is 29.7 Å². The van der Waals surface area contributed by atoms with Crippen LogP contribution in [0.3, 0.4) is 0 Å². The number of anilines is 1. The largest absolute Gasteiger partial charge is 0.325 e. The zero-order valence-electron chi connectivity index (χ0n) is 19.0. The van der Waals surface area contributed by atoms with Crippen LogP contribution in [-0.4, -0.2) is 61.2 Å². The molecule has 1 N–H and O–H groups in total. The van der Waals surface area contributed by atoms with Crippen molar-refractivity contribution >= 4 is 27.3 Å². The summed E-state index contributed by atoms with van der Waals surface area (Å²) in [6.07, 6.45) is 0.694. The number of piperazine rings is 1. The molecule has 1 aliphatic rings. The molecule has 10 heteroatoms. The van der Waals surface area contributed by atoms with E-state index in [-0.39, 0.29) is 30.4 Å². The molecule has 3 aromatic rings. The number of nitro benzene ring substituents is 1. The second kappa shape index (κ2) is 10.8. The molecule has 35 heavy (non-hydrogen) atoms. The lowest BCUT2D eigenvalue weighted by Gasteiger charge is -2.33. The predicted molar refractivity (Wildman–Crippen MR) is 133 cm³/mol. The Hall–Kier alpha value is -3.60. The van der Waals surface area contributed by atoms with E-state index in [1.165, 1.54) is 28.6 Å². The van der Waals surface area contributed by atoms with E-state index in [0.717, 1.165) is 16.8 Å². The standard InChI is InChI=1S/C25H26N4O5S/c30-25(26-22-11-5-4-10-21(22)18-20-8-2-1-3-9-20)19-27-14-16-28(17-15-27)35(33,34)24-13-7-6-12-23(24)29(31)32/h1-13H,14-19H2,(H,26,30). The van der Waals surface area contributed by atoms with Crippen LogP contribution in [0.2, 0.25) is 0 Å². The van der Waals surface area contributed by atoms with Gasteiger partial charge in [-0.3, -0.25) is 19.8 Å². The SMILES string of the molecule is O=C(CN1CCN(S(=O)(=O)c2ccccc2[N+](=O)[O-])CC1)Nc1ccccc1Cc1ccccc1. The fourth-order valence-corrected chi connectivity index (χ4v) is 5.68. The highest BCUT2D eigenvalue weighted by atomic mass is 32.2. The number of para-hydroxylation sites is 2. The molecule has 0 saturated carbocycles. The molecule has 3 aromatic carbocycles. The Morgan fingerprint density at radius 2 is 1.51 bits per heavy atom. The van der Waals surface area contributed by atoms with Crippen molar-refractivity contribution in [3.05, 3.63) is 100 Å². The Kier molecular flexibility index (Phi) is 7.54. The maximum absolute atomic E-state index is 13.0. The van der Waals surface area contributed by atoms with Crippen LogP contribution in [0.5, 0.6) is 0 Å². The van der Waals surface area contributed by atoms with Gasteiger partial charge in [0.1, 0.15) is 0 Å². The van der Waals surface area contributed by atoms with E-state index in [9.17, 15) is 23.3 Å². The zero-order valence-corrected chi connectivity index (χ0v) is 19.9. The van der Waals surface area contributed by atoms with Crippen molar-refractivity contribution in [1.29, 1.82) is 0 Å². The number of carbonyl (C=O) groups excluding carboxylic acids is 1. The Bertz CT molecular complexity index is 1310. The van der Waals surface area contributed by atoms with Crippen molar-refractivity contribution in [3.8, 4) is 0 Å². The molecule has 9 nitrogen and oxygen atoms in total. The first-order chi connectivity index (χ1) is 16.8. The summed E-state index contributed by atoms with van der Waals surface area (Å²) in [5.74, 6) is -0.180. The third kappa shape index (κ3) is 5.91. The molecule has 1 heterocycles. The number of sulfonamides is 1. The topological polar surface area (TPSA) is 113 Å². The molecule has 1 saturated heterocycles. The molecule has 4 rings (SSSR count). The van der Waals surface area contributed by atoms with Gasteiger partial charge in [-0.2, -0.15) is 4.31 Å². The molecular weight excluding hydrogens is 468 g/mol. The maximum Gasteiger partial charge on any atom is 0.289 e. The summed E-state index contributed by atoms with van der Waals surface area (Å²) >= 11 is 0. The third-order valence-corrected chi connectivity index (χ3v) is 7.85. The Labute approximate surface area is 204 Å². The first kappa shape index (κ1) is 24.5. The van der Waals surface area contributed by atoms with E-state index in [0.29, 0.717) is 19.5 Å². The average molecular weight is 495 g/mol. The van der Waals surface area contributed by atoms with Gasteiger partial charge >= 0.3 is 0 Å². The summed E-state index contributed by atoms with van der Waals surface area (Å²) in [4.78, 5) is 24.9. The summed E-state index contributed by atoms with van der Waals surface area (Å²) in [6.45, 7) is 1.11. The molecule has 0 atom stereocenters. The summed E-state index contributed by atoms with van der Waals surface area (Å²) < 4.78 is 27.2. The van der Waals surface area contributed by atoms with Crippen LogP contribution in [0.15, 0.2) is 83.8 Å². The van der Waals surface area contributed by atoms with Crippen molar-refractivity contribution in [2.45, 2.75) is 11.3 Å². The minimum absolute atomic E-state index is 0.124. The van der Waals surface area contributed by atoms with E-state index in [1.54, 1.807) is 0 Å². The normalized spacial score (nSPS) is 15.0. The molecular formula is C25H26N4O5S. The number of rotatable bonds is 8. The minimum atomic E-state index is -4.01. The van der Waals surface area contributed by atoms with E-state index < -0.39 is 20.6 Å². The van der Waals surface area contributed by atoms with Crippen molar-refractivity contribution in [1.82, 2.24) is 9.21 Å². The van der Waals surface area contributed by atoms with E-state index in [1.807, 2.05) is 59.5 Å². The van der Waals surface area contributed by atoms with Crippen LogP contribution in [-0.2, 0) is 21.2 Å². The highest BCUT2D eigenvalue weighted by Crippen LogP contribution is 2.27. The number of nitrogens with one attached hydrogen (secondary N) is 1. The number of amides is 1. The van der Waals surface area contributed by atoms with E-state index in [2.05, 4.69) is 5.32 Å². The third-order valence-electron chi connectivity index (χ3n) is 5.91. The molecule has 1 amide bonds. The van der Waals surface area contributed by atoms with Crippen molar-refractivity contribution in [3.63, 3.8) is 0 Å². The van der Waals surface area contributed by atoms with Gasteiger partial charge in [0.15, 0.2) is 4.90 Å². The van der Waals surface area contributed by atoms with Crippen LogP contribution >= 0.6 is 0 Å². The van der Waals surface area contributed by atoms with Crippen LogP contribution in [0, 0.1) is 10.1 Å². The fourth-order valence-electron chi connectivity index (χ4n) is 4.10. The van der Waals surface area contributed by atoms with Crippen LogP contribution in [0.1, 0.15) is 11.1 Å². The summed E-state index contributed by atoms with van der Waals surface area (Å²) in [5.41, 5.74) is 2.46. The second-order valence-corrected chi connectivity index (χ2v) is 10.2. The first-order valence-electron chi connectivity index (χ1n) is 11.2. The average Bonchev–Trinajstić information content (AvgIpc) is 2.86. The van der Waals surface area contributed by atoms with E-state index >= 15 is 0 Å². The van der Waals surface area contributed by atoms with Gasteiger partial charge in [-0.15, -0.1) is 0 Å². The molecule has 0 aromatic heterocycles. The van der Waals surface area contributed by atoms with Crippen molar-refractivity contribution < 1.29 is 18.1 Å². The monoisotopic (exact) mass is 494 g/mol. The van der Waals surface area contributed by atoms with Gasteiger partial charge in [0.05, 0.1) is 11.5 Å². The number of nitrogens with zero attached hydrogens (tertiary/aromatic N) is 3. The smallest absolute Gasteiger partial charge is 0.289 e. The molecule has 0 bridgehead atoms. The van der Waals surface area contributed by atoms with Gasteiger partial charge < -0.3 is 5.32 Å². The number of benzene rings is 3. The number of hydrogen-bond donors (Lipinski definition) is 1. The van der Waals surface area contributed by atoms with Crippen LogP contribution in [0.25, 0.3) is 0 Å². The quantitative estimate of drug-likeness (QED) is 0.380. The summed E-state index contributed by atoms with van der Waals surface area (Å²) in [5, 5.41) is 14.2. The Morgan fingerprint density at radius 3 is 2.23 bits per heavy atom. The number of hydrogen-bond acceptors (Lipinski definition) is 6. The zero-order chi connectivity index (χ0) is 24.8. The van der Waals surface area contributed by atoms with Gasteiger partial charge in [0.25, 0.3) is 5.69 Å². The highest BCUT2D eigenvalue weighted by Gasteiger charge is 2.33. The number of carbonyl (C=O) groups is 1. The molecule has 0 spiro atoms. The number of nitro groups is 1. The summed E-state index contributed by atoms with van der Waals surface area (Å²) in [7, 11) is -4.01. The predicted octanol–water partition coefficient (Wildman–Crippen LogP) is 3.13. The van der Waals surface area contributed by atoms with Crippen molar-refractivity contribution in [2.24, 2.45) is 0 Å². The van der Waals surface area contributed by atoms with Crippen LogP contribution < -0.4 is 5.32 Å². The Morgan fingerprint density at radius 1 is 0.886 bits per heavy atom. The molecule has 1 aliphatic heterocycles. The lowest BCUT2D eigenvalue weighted by molar-refractivity contribution is -0.387. The first-order valence-corrected chi connectivity index (χ1v) is 12.7. The molecule has 0 aliphatic carbocycles.